The normalized spacial score (nSPS) is 14.4. The van der Waals surface area contributed by atoms with Gasteiger partial charge in [-0.15, -0.1) is 0 Å². The van der Waals surface area contributed by atoms with Gasteiger partial charge in [0.25, 0.3) is 0 Å². The van der Waals surface area contributed by atoms with Gasteiger partial charge in [0.2, 0.25) is 0 Å². The molecule has 126 valence electrons. The summed E-state index contributed by atoms with van der Waals surface area (Å²) < 4.78 is 0. The second-order valence-corrected chi connectivity index (χ2v) is 5.64. The largest absolute Gasteiger partial charge is 0.372 e. The summed E-state index contributed by atoms with van der Waals surface area (Å²) in [5.41, 5.74) is 3.88. The Bertz CT molecular complexity index is 822. The second kappa shape index (κ2) is 8.61. The number of rotatable bonds is 5. The first-order valence-corrected chi connectivity index (χ1v) is 8.30. The number of nitrogens with zero attached hydrogens (tertiary/aromatic N) is 5. The van der Waals surface area contributed by atoms with Crippen LogP contribution in [0.25, 0.3) is 6.08 Å². The molecule has 25 heavy (non-hydrogen) atoms. The molecular weight excluding hydrogens is 310 g/mol. The van der Waals surface area contributed by atoms with Gasteiger partial charge in [-0.2, -0.15) is 10.5 Å². The first-order chi connectivity index (χ1) is 12.1. The van der Waals surface area contributed by atoms with Crippen LogP contribution >= 0.6 is 0 Å². The van der Waals surface area contributed by atoms with Crippen molar-refractivity contribution in [3.05, 3.63) is 47.3 Å². The third-order valence-corrected chi connectivity index (χ3v) is 3.92. The van der Waals surface area contributed by atoms with Crippen LogP contribution in [0.2, 0.25) is 0 Å². The molecule has 0 bridgehead atoms. The van der Waals surface area contributed by atoms with Crippen LogP contribution in [-0.2, 0) is 0 Å². The van der Waals surface area contributed by atoms with E-state index in [1.807, 2.05) is 31.2 Å². The highest BCUT2D eigenvalue weighted by Gasteiger charge is 2.11. The average Bonchev–Trinajstić information content (AvgIpc) is 2.79. The molecule has 0 N–H and O–H groups in total. The van der Waals surface area contributed by atoms with Gasteiger partial charge in [-0.3, -0.25) is 0 Å². The van der Waals surface area contributed by atoms with Crippen molar-refractivity contribution in [1.29, 1.82) is 10.5 Å². The molecule has 0 radical (unpaired) electrons. The SMILES string of the molecule is CCN(CC)c1ccc(/C=C/C2=NC(C#N)=C(C#N)N=C(C)C2)cc1. The minimum Gasteiger partial charge on any atom is -0.372 e. The predicted molar refractivity (Wildman–Crippen MR) is 102 cm³/mol. The number of benzene rings is 1. The van der Waals surface area contributed by atoms with Crippen molar-refractivity contribution in [2.45, 2.75) is 27.2 Å². The van der Waals surface area contributed by atoms with Crippen molar-refractivity contribution in [1.82, 2.24) is 0 Å². The van der Waals surface area contributed by atoms with Crippen molar-refractivity contribution < 1.29 is 0 Å². The van der Waals surface area contributed by atoms with Gasteiger partial charge >= 0.3 is 0 Å². The van der Waals surface area contributed by atoms with Crippen LogP contribution in [0.3, 0.4) is 0 Å². The average molecular weight is 331 g/mol. The maximum Gasteiger partial charge on any atom is 0.177 e. The number of aliphatic imine (C=N–C) groups is 2. The summed E-state index contributed by atoms with van der Waals surface area (Å²) in [4.78, 5) is 10.7. The summed E-state index contributed by atoms with van der Waals surface area (Å²) in [7, 11) is 0. The van der Waals surface area contributed by atoms with Gasteiger partial charge in [0.1, 0.15) is 12.1 Å². The highest BCUT2D eigenvalue weighted by atomic mass is 15.1. The molecule has 0 fully saturated rings. The molecule has 0 unspecified atom stereocenters. The quantitative estimate of drug-likeness (QED) is 0.814. The fraction of sp³-hybridized carbons (Fsp3) is 0.300. The Morgan fingerprint density at radius 3 is 2.16 bits per heavy atom. The van der Waals surface area contributed by atoms with E-state index in [4.69, 9.17) is 5.26 Å². The molecule has 5 nitrogen and oxygen atoms in total. The van der Waals surface area contributed by atoms with Gasteiger partial charge in [-0.25, -0.2) is 9.98 Å². The molecule has 0 aromatic heterocycles. The van der Waals surface area contributed by atoms with Gasteiger partial charge in [0.15, 0.2) is 11.4 Å². The van der Waals surface area contributed by atoms with E-state index in [0.717, 1.165) is 30.1 Å². The highest BCUT2D eigenvalue weighted by Crippen LogP contribution is 2.17. The molecule has 1 aromatic rings. The van der Waals surface area contributed by atoms with Crippen LogP contribution in [0.1, 0.15) is 32.8 Å². The van der Waals surface area contributed by atoms with Crippen LogP contribution in [0, 0.1) is 22.7 Å². The lowest BCUT2D eigenvalue weighted by atomic mass is 10.1. The lowest BCUT2D eigenvalue weighted by molar-refractivity contribution is 0.866. The third kappa shape index (κ3) is 4.65. The van der Waals surface area contributed by atoms with Gasteiger partial charge in [0, 0.05) is 36.6 Å². The highest BCUT2D eigenvalue weighted by molar-refractivity contribution is 6.11. The van der Waals surface area contributed by atoms with E-state index in [0.29, 0.717) is 6.42 Å². The minimum absolute atomic E-state index is 0.0656. The number of anilines is 1. The fourth-order valence-electron chi connectivity index (χ4n) is 2.61. The lowest BCUT2D eigenvalue weighted by Crippen LogP contribution is -2.21. The molecule has 1 aliphatic rings. The van der Waals surface area contributed by atoms with Gasteiger partial charge in [-0.05, 0) is 44.5 Å². The number of hydrogen-bond donors (Lipinski definition) is 0. The lowest BCUT2D eigenvalue weighted by Gasteiger charge is -2.20. The molecule has 0 saturated carbocycles. The van der Waals surface area contributed by atoms with Crippen LogP contribution < -0.4 is 4.90 Å². The second-order valence-electron chi connectivity index (χ2n) is 5.64. The molecular formula is C20H21N5. The number of nitriles is 2. The van der Waals surface area contributed by atoms with Crippen molar-refractivity contribution >= 4 is 23.2 Å². The van der Waals surface area contributed by atoms with Crippen LogP contribution in [0.4, 0.5) is 5.69 Å². The molecule has 2 rings (SSSR count). The Hall–Kier alpha value is -3.18. The molecule has 0 amide bonds. The summed E-state index contributed by atoms with van der Waals surface area (Å²) in [5.74, 6) is 0. The predicted octanol–water partition coefficient (Wildman–Crippen LogP) is 4.11. The third-order valence-electron chi connectivity index (χ3n) is 3.92. The Labute approximate surface area is 148 Å². The van der Waals surface area contributed by atoms with E-state index in [2.05, 4.69) is 53.0 Å². The van der Waals surface area contributed by atoms with E-state index in [-0.39, 0.29) is 11.4 Å². The Kier molecular flexibility index (Phi) is 6.26. The molecule has 5 heteroatoms. The molecule has 0 aliphatic carbocycles. The standard InChI is InChI=1S/C20H21N5/c1-4-25(5-2)18-10-7-16(8-11-18)6-9-17-12-15(3)23-19(13-21)20(14-22)24-17/h6-11H,4-5,12H2,1-3H3/b9-6+. The van der Waals surface area contributed by atoms with E-state index in [1.165, 1.54) is 5.69 Å². The number of hydrogen-bond acceptors (Lipinski definition) is 5. The minimum atomic E-state index is 0.0656. The first-order valence-electron chi connectivity index (χ1n) is 8.30. The summed E-state index contributed by atoms with van der Waals surface area (Å²) in [5, 5.41) is 18.3. The maximum absolute atomic E-state index is 9.17. The molecule has 1 aliphatic heterocycles. The van der Waals surface area contributed by atoms with Crippen LogP contribution in [-0.4, -0.2) is 24.5 Å². The van der Waals surface area contributed by atoms with Crippen molar-refractivity contribution in [2.75, 3.05) is 18.0 Å². The first kappa shape index (κ1) is 18.2. The summed E-state index contributed by atoms with van der Waals surface area (Å²) in [6.45, 7) is 8.07. The Balaban J connectivity index is 2.23. The summed E-state index contributed by atoms with van der Waals surface area (Å²) in [6, 6.07) is 12.2. The number of allylic oxidation sites excluding steroid dienone is 3. The Morgan fingerprint density at radius 2 is 1.60 bits per heavy atom. The van der Waals surface area contributed by atoms with E-state index in [9.17, 15) is 5.26 Å². The zero-order valence-corrected chi connectivity index (χ0v) is 14.8. The van der Waals surface area contributed by atoms with E-state index in [1.54, 1.807) is 0 Å². The van der Waals surface area contributed by atoms with Crippen molar-refractivity contribution in [3.8, 4) is 12.1 Å². The van der Waals surface area contributed by atoms with Crippen molar-refractivity contribution in [3.63, 3.8) is 0 Å². The summed E-state index contributed by atoms with van der Waals surface area (Å²) in [6.07, 6.45) is 4.36. The van der Waals surface area contributed by atoms with E-state index < -0.39 is 0 Å². The zero-order valence-electron chi connectivity index (χ0n) is 14.8. The van der Waals surface area contributed by atoms with Crippen molar-refractivity contribution in [2.24, 2.45) is 9.98 Å². The fourth-order valence-corrected chi connectivity index (χ4v) is 2.61. The van der Waals surface area contributed by atoms with Crippen LogP contribution in [0.15, 0.2) is 51.7 Å². The summed E-state index contributed by atoms with van der Waals surface area (Å²) >= 11 is 0. The molecule has 0 atom stereocenters. The topological polar surface area (TPSA) is 75.5 Å². The Morgan fingerprint density at radius 1 is 1.00 bits per heavy atom. The molecule has 0 spiro atoms. The van der Waals surface area contributed by atoms with Gasteiger partial charge in [-0.1, -0.05) is 18.2 Å². The monoisotopic (exact) mass is 331 g/mol. The van der Waals surface area contributed by atoms with Gasteiger partial charge in [0.05, 0.1) is 0 Å². The molecule has 0 saturated heterocycles. The van der Waals surface area contributed by atoms with Gasteiger partial charge < -0.3 is 4.90 Å². The molecule has 1 aromatic carbocycles. The molecule has 1 heterocycles. The maximum atomic E-state index is 9.17. The van der Waals surface area contributed by atoms with Crippen LogP contribution in [0.5, 0.6) is 0 Å². The van der Waals surface area contributed by atoms with E-state index >= 15 is 0 Å². The zero-order chi connectivity index (χ0) is 18.2. The smallest absolute Gasteiger partial charge is 0.177 e.